The van der Waals surface area contributed by atoms with Gasteiger partial charge in [-0.1, -0.05) is 56.6 Å². The Kier molecular flexibility index (Phi) is 36.1. The second-order valence-corrected chi connectivity index (χ2v) is 29.4. The molecule has 0 saturated heterocycles. The van der Waals surface area contributed by atoms with E-state index in [1.54, 1.807) is 190 Å². The number of sulfone groups is 1. The summed E-state index contributed by atoms with van der Waals surface area (Å²) < 4.78 is 120. The maximum atomic E-state index is 14.3. The topological polar surface area (TPSA) is 437 Å². The van der Waals surface area contributed by atoms with E-state index in [-0.39, 0.29) is 115 Å². The first-order valence-electron chi connectivity index (χ1n) is 38.5. The standard InChI is InChI=1S/C23H24FN5O4S.C23H24FN5O3.C22H21F2N5O3.C21H20FN5O3/c1-3-21(30)26-17-6-4-7-18(14-17)27-22-20(24)15-25-23(29-22)28-16-8-10-19(11-9-16)33-12-5-13-34(2,31)32;1-4-20(31)26-16-6-5-7-17(12-16)27-21-19(24)13-25-22(29-21)28-15-8-10-18(11-9-15)32-23(2,3)14-30;1-3-20(30)26-14-5-4-6-15(11-14)27-21-18(24)13-25-22(29-21)28-16-7-8-19(17(23)12-16)32-10-9-31-2;1-2-19(29)24-14-5-3-6-15(11-14)25-20-18(22)13-23-21(27-20)26-16-7-4-8-17(12-16)30-10-9-28/h3-4,6-11,14-15H,1,5,12-13H2,2H3,(H,26,30)(H2,25,27,28,29);4-13,30H,1,14H2,2-3H3,(H,26,31)(H2,25,27,28,29);3-8,11-13H,1,9-10H2,2H3,(H,26,30)(H2,25,27,28,29);2-8,11-13,28H,1,9-10H2,(H,24,29)(H2,23,25,26,27). The summed E-state index contributed by atoms with van der Waals surface area (Å²) in [6.45, 7) is 18.0. The molecule has 128 heavy (non-hydrogen) atoms. The molecule has 4 amide bonds. The highest BCUT2D eigenvalue weighted by Gasteiger charge is 2.20. The average molecular weight is 1770 g/mol. The van der Waals surface area contributed by atoms with Crippen molar-refractivity contribution in [2.45, 2.75) is 25.9 Å². The first-order valence-corrected chi connectivity index (χ1v) is 40.6. The highest BCUT2D eigenvalue weighted by atomic mass is 32.2. The molecule has 0 aliphatic heterocycles. The molecule has 0 saturated carbocycles. The number of nitrogens with zero attached hydrogens (tertiary/aromatic N) is 8. The molecule has 0 aliphatic carbocycles. The van der Waals surface area contributed by atoms with Gasteiger partial charge in [-0.3, -0.25) is 19.2 Å². The van der Waals surface area contributed by atoms with E-state index in [1.165, 1.54) is 25.5 Å². The van der Waals surface area contributed by atoms with Crippen LogP contribution in [0.5, 0.6) is 23.0 Å². The second kappa shape index (κ2) is 48.2. The van der Waals surface area contributed by atoms with Gasteiger partial charge < -0.3 is 97.7 Å². The molecule has 664 valence electrons. The van der Waals surface area contributed by atoms with Crippen molar-refractivity contribution in [3.63, 3.8) is 0 Å². The summed E-state index contributed by atoms with van der Waals surface area (Å²) in [6, 6.07) is 52.0. The zero-order valence-corrected chi connectivity index (χ0v) is 70.1. The molecule has 33 nitrogen and oxygen atoms in total. The Hall–Kier alpha value is -16.0. The van der Waals surface area contributed by atoms with E-state index in [0.29, 0.717) is 98.5 Å². The van der Waals surface area contributed by atoms with Gasteiger partial charge in [0.25, 0.3) is 0 Å². The highest BCUT2D eigenvalue weighted by Crippen LogP contribution is 2.32. The number of amides is 4. The van der Waals surface area contributed by atoms with Gasteiger partial charge in [-0.2, -0.15) is 19.9 Å². The number of aliphatic hydroxyl groups excluding tert-OH is 2. The molecule has 14 N–H and O–H groups in total. The molecule has 8 aromatic carbocycles. The van der Waals surface area contributed by atoms with Crippen molar-refractivity contribution in [2.24, 2.45) is 0 Å². The fourth-order valence-electron chi connectivity index (χ4n) is 10.5. The number of ether oxygens (including phenoxy) is 5. The molecule has 0 unspecified atom stereocenters. The van der Waals surface area contributed by atoms with Crippen molar-refractivity contribution < 1.29 is 83.4 Å². The van der Waals surface area contributed by atoms with Gasteiger partial charge in [0.15, 0.2) is 58.1 Å². The summed E-state index contributed by atoms with van der Waals surface area (Å²) in [6.07, 6.45) is 10.3. The summed E-state index contributed by atoms with van der Waals surface area (Å²) in [5, 5.41) is 51.9. The summed E-state index contributed by atoms with van der Waals surface area (Å²) in [5.74, 6) is -2.35. The van der Waals surface area contributed by atoms with Crippen LogP contribution in [0.15, 0.2) is 263 Å². The van der Waals surface area contributed by atoms with E-state index < -0.39 is 44.5 Å². The fourth-order valence-corrected chi connectivity index (χ4v) is 11.1. The van der Waals surface area contributed by atoms with E-state index in [9.17, 15) is 54.7 Å². The molecule has 39 heteroatoms. The minimum absolute atomic E-state index is 0.0284. The Morgan fingerprint density at radius 1 is 0.383 bits per heavy atom. The lowest BCUT2D eigenvalue weighted by Crippen LogP contribution is -2.32. The van der Waals surface area contributed by atoms with Crippen LogP contribution in [0.1, 0.15) is 20.3 Å². The fraction of sp³-hybridized carbons (Fsp3) is 0.146. The van der Waals surface area contributed by atoms with Crippen LogP contribution in [0.2, 0.25) is 0 Å². The molecule has 0 spiro atoms. The van der Waals surface area contributed by atoms with Crippen LogP contribution in [0.3, 0.4) is 0 Å². The Labute approximate surface area is 732 Å². The molecular weight excluding hydrogens is 1680 g/mol. The van der Waals surface area contributed by atoms with Crippen molar-refractivity contribution >= 4 is 149 Å². The predicted molar refractivity (Wildman–Crippen MR) is 483 cm³/mol. The van der Waals surface area contributed by atoms with E-state index in [2.05, 4.69) is 130 Å². The monoisotopic (exact) mass is 1770 g/mol. The number of hydrogen-bond donors (Lipinski definition) is 14. The third kappa shape index (κ3) is 32.7. The number of benzene rings is 8. The van der Waals surface area contributed by atoms with E-state index in [1.807, 2.05) is 0 Å². The summed E-state index contributed by atoms with van der Waals surface area (Å²) >= 11 is 0. The Morgan fingerprint density at radius 2 is 0.711 bits per heavy atom. The van der Waals surface area contributed by atoms with Gasteiger partial charge in [0, 0.05) is 93.7 Å². The lowest BCUT2D eigenvalue weighted by atomic mass is 10.1. The van der Waals surface area contributed by atoms with Gasteiger partial charge >= 0.3 is 0 Å². The minimum atomic E-state index is -3.01. The van der Waals surface area contributed by atoms with E-state index in [0.717, 1.165) is 49.1 Å². The lowest BCUT2D eigenvalue weighted by molar-refractivity contribution is -0.112. The Morgan fingerprint density at radius 3 is 1.05 bits per heavy atom. The van der Waals surface area contributed by atoms with Gasteiger partial charge in [-0.15, -0.1) is 0 Å². The Bertz CT molecular complexity index is 5960. The molecule has 12 aromatic rings. The Balaban J connectivity index is 0.000000193. The average Bonchev–Trinajstić information content (AvgIpc) is 1.03. The number of rotatable bonds is 39. The van der Waals surface area contributed by atoms with Crippen LogP contribution in [-0.2, 0) is 33.8 Å². The van der Waals surface area contributed by atoms with Crippen LogP contribution in [-0.4, -0.2) is 146 Å². The molecule has 4 aromatic heterocycles. The molecule has 0 radical (unpaired) electrons. The third-order valence-corrected chi connectivity index (χ3v) is 17.4. The number of methoxy groups -OCH3 is 1. The number of hydrogen-bond acceptors (Lipinski definition) is 29. The van der Waals surface area contributed by atoms with Crippen molar-refractivity contribution in [1.29, 1.82) is 0 Å². The van der Waals surface area contributed by atoms with E-state index in [4.69, 9.17) is 28.8 Å². The van der Waals surface area contributed by atoms with Gasteiger partial charge in [-0.25, -0.2) is 50.3 Å². The zero-order chi connectivity index (χ0) is 92.0. The first-order chi connectivity index (χ1) is 61.5. The van der Waals surface area contributed by atoms with Crippen LogP contribution in [0.25, 0.3) is 0 Å². The number of nitrogens with one attached hydrogen (secondary N) is 12. The smallest absolute Gasteiger partial charge is 0.247 e. The largest absolute Gasteiger partial charge is 0.494 e. The predicted octanol–water partition coefficient (Wildman–Crippen LogP) is 16.4. The first kappa shape index (κ1) is 95.8. The van der Waals surface area contributed by atoms with Crippen molar-refractivity contribution in [3.05, 3.63) is 293 Å². The summed E-state index contributed by atoms with van der Waals surface area (Å²) in [7, 11) is -1.49. The lowest BCUT2D eigenvalue weighted by Gasteiger charge is -2.23. The number of halogens is 5. The highest BCUT2D eigenvalue weighted by molar-refractivity contribution is 7.90. The van der Waals surface area contributed by atoms with Crippen molar-refractivity contribution in [1.82, 2.24) is 39.9 Å². The van der Waals surface area contributed by atoms with Crippen LogP contribution < -0.4 is 82.7 Å². The molecule has 0 atom stereocenters. The molecule has 12 rings (SSSR count). The van der Waals surface area contributed by atoms with E-state index >= 15 is 0 Å². The number of anilines is 20. The maximum absolute atomic E-state index is 14.3. The van der Waals surface area contributed by atoms with Crippen LogP contribution in [0.4, 0.5) is 137 Å². The SMILES string of the molecule is C=CC(=O)Nc1cccc(Nc2nc(Nc3ccc(OC(C)(C)CO)cc3)ncc2F)c1.C=CC(=O)Nc1cccc(Nc2nc(Nc3ccc(OCCCS(C)(=O)=O)cc3)ncc2F)c1.C=CC(=O)Nc1cccc(Nc2nc(Nc3ccc(OCCOC)c(F)c3)ncc2F)c1.C=CC(=O)Nc1cccc(Nc2nc(Nc3cccc(OCCO)c3)ncc2F)c1. The summed E-state index contributed by atoms with van der Waals surface area (Å²) in [5.41, 5.74) is 5.74. The quantitative estimate of drug-likeness (QED) is 0.00966. The van der Waals surface area contributed by atoms with Crippen molar-refractivity contribution in [3.8, 4) is 23.0 Å². The zero-order valence-electron chi connectivity index (χ0n) is 69.3. The molecule has 4 heterocycles. The maximum Gasteiger partial charge on any atom is 0.247 e. The van der Waals surface area contributed by atoms with Gasteiger partial charge in [0.05, 0.1) is 57.0 Å². The number of aliphatic hydroxyl groups is 2. The van der Waals surface area contributed by atoms with Gasteiger partial charge in [-0.05, 0) is 190 Å². The number of aromatic nitrogens is 8. The minimum Gasteiger partial charge on any atom is -0.494 e. The second-order valence-electron chi connectivity index (χ2n) is 27.1. The number of carbonyl (C=O) groups excluding carboxylic acids is 4. The van der Waals surface area contributed by atoms with Gasteiger partial charge in [0.2, 0.25) is 47.4 Å². The normalized spacial score (nSPS) is 10.6. The van der Waals surface area contributed by atoms with Crippen LogP contribution >= 0.6 is 0 Å². The molecule has 0 fully saturated rings. The van der Waals surface area contributed by atoms with Gasteiger partial charge in [0.1, 0.15) is 45.9 Å². The number of carbonyl (C=O) groups is 4. The van der Waals surface area contributed by atoms with Crippen molar-refractivity contribution in [2.75, 3.05) is 123 Å². The molecule has 0 aliphatic rings. The van der Waals surface area contributed by atoms with Crippen LogP contribution in [0, 0.1) is 29.1 Å². The molecule has 0 bridgehead atoms. The summed E-state index contributed by atoms with van der Waals surface area (Å²) in [4.78, 5) is 78.2. The third-order valence-electron chi connectivity index (χ3n) is 16.4. The molecular formula is C89H89F5N20O13S.